The van der Waals surface area contributed by atoms with Crippen molar-refractivity contribution in [1.82, 2.24) is 24.5 Å². The van der Waals surface area contributed by atoms with Gasteiger partial charge in [-0.1, -0.05) is 23.2 Å². The Kier molecular flexibility index (Phi) is 8.73. The van der Waals surface area contributed by atoms with Gasteiger partial charge in [0.25, 0.3) is 5.91 Å². The van der Waals surface area contributed by atoms with Crippen LogP contribution in [-0.4, -0.2) is 53.8 Å². The van der Waals surface area contributed by atoms with Gasteiger partial charge in [0, 0.05) is 19.7 Å². The van der Waals surface area contributed by atoms with Crippen LogP contribution in [0.2, 0.25) is 10.3 Å². The van der Waals surface area contributed by atoms with E-state index in [9.17, 15) is 41.4 Å². The van der Waals surface area contributed by atoms with Crippen LogP contribution in [-0.2, 0) is 24.6 Å². The number of hydrogen-bond acceptors (Lipinski definition) is 5. The third-order valence-electron chi connectivity index (χ3n) is 6.82. The molecular weight excluding hydrogens is 600 g/mol. The first-order chi connectivity index (χ1) is 19.2. The first-order valence-corrected chi connectivity index (χ1v) is 13.0. The molecule has 3 aromatic rings. The quantitative estimate of drug-likeness (QED) is 0.260. The summed E-state index contributed by atoms with van der Waals surface area (Å²) in [6, 6.07) is 1.48. The second-order valence-corrected chi connectivity index (χ2v) is 10.4. The molecule has 1 N–H and O–H groups in total. The molecule has 2 aromatic heterocycles. The Morgan fingerprint density at radius 3 is 2.20 bits per heavy atom. The van der Waals surface area contributed by atoms with Gasteiger partial charge in [-0.25, -0.2) is 8.78 Å². The van der Waals surface area contributed by atoms with Crippen LogP contribution in [0, 0.1) is 17.6 Å². The van der Waals surface area contributed by atoms with E-state index in [0.29, 0.717) is 21.8 Å². The molecule has 1 aliphatic carbocycles. The summed E-state index contributed by atoms with van der Waals surface area (Å²) < 4.78 is 72.6. The lowest BCUT2D eigenvalue weighted by Crippen LogP contribution is -2.37. The number of carbonyl (C=O) groups is 3. The van der Waals surface area contributed by atoms with Gasteiger partial charge in [-0.15, -0.1) is 0 Å². The predicted octanol–water partition coefficient (Wildman–Crippen LogP) is 5.56. The van der Waals surface area contributed by atoms with Gasteiger partial charge in [-0.3, -0.25) is 23.7 Å². The number of Topliss-reactive ketones (excluding diaryl/α,β-unsaturated/α-hetero) is 1. The lowest BCUT2D eigenvalue weighted by Gasteiger charge is -2.28. The summed E-state index contributed by atoms with van der Waals surface area (Å²) in [5.74, 6) is -5.92. The number of ketones is 1. The molecule has 220 valence electrons. The molecular formula is C25H22Cl2F5N5O4. The Hall–Kier alpha value is -3.52. The SMILES string of the molecule is Cn1nc(Cl)c(C(=O)CN(Cc2cc(F)cc(F)c2)C(=O)c2cnn(C3CCC(C(=O)O)CC3)c2C(F)(F)F)c1Cl. The first-order valence-electron chi connectivity index (χ1n) is 12.2. The van der Waals surface area contributed by atoms with Crippen LogP contribution >= 0.6 is 23.2 Å². The second kappa shape index (κ2) is 11.8. The van der Waals surface area contributed by atoms with Crippen molar-refractivity contribution in [1.29, 1.82) is 0 Å². The average molecular weight is 622 g/mol. The van der Waals surface area contributed by atoms with Crippen LogP contribution in [0.3, 0.4) is 0 Å². The van der Waals surface area contributed by atoms with Crippen LogP contribution in [0.4, 0.5) is 22.0 Å². The molecule has 1 fully saturated rings. The number of aliphatic carboxylic acids is 1. The number of halogens is 7. The fourth-order valence-electron chi connectivity index (χ4n) is 4.89. The highest BCUT2D eigenvalue weighted by atomic mass is 35.5. The van der Waals surface area contributed by atoms with Gasteiger partial charge >= 0.3 is 12.1 Å². The number of hydrogen-bond donors (Lipinski definition) is 1. The van der Waals surface area contributed by atoms with Crippen molar-refractivity contribution in [2.24, 2.45) is 13.0 Å². The van der Waals surface area contributed by atoms with Crippen molar-refractivity contribution in [3.05, 3.63) is 68.7 Å². The maximum absolute atomic E-state index is 14.4. The van der Waals surface area contributed by atoms with E-state index in [2.05, 4.69) is 10.2 Å². The van der Waals surface area contributed by atoms with Gasteiger partial charge in [-0.2, -0.15) is 23.4 Å². The number of aromatic nitrogens is 4. The molecule has 1 amide bonds. The van der Waals surface area contributed by atoms with E-state index in [1.54, 1.807) is 0 Å². The molecule has 4 rings (SSSR count). The lowest BCUT2D eigenvalue weighted by atomic mass is 9.86. The normalized spacial score (nSPS) is 17.5. The van der Waals surface area contributed by atoms with Gasteiger partial charge in [0.05, 0.1) is 35.8 Å². The van der Waals surface area contributed by atoms with E-state index in [0.717, 1.165) is 16.8 Å². The number of nitrogens with zero attached hydrogens (tertiary/aromatic N) is 5. The highest BCUT2D eigenvalue weighted by Gasteiger charge is 2.43. The molecule has 2 heterocycles. The number of amides is 1. The Balaban J connectivity index is 1.72. The number of aryl methyl sites for hydroxylation is 1. The van der Waals surface area contributed by atoms with Crippen LogP contribution in [0.5, 0.6) is 0 Å². The maximum atomic E-state index is 14.4. The summed E-state index contributed by atoms with van der Waals surface area (Å²) in [6.45, 7) is -1.52. The van der Waals surface area contributed by atoms with Crippen molar-refractivity contribution in [3.63, 3.8) is 0 Å². The number of alkyl halides is 3. The second-order valence-electron chi connectivity index (χ2n) is 9.64. The molecule has 0 saturated heterocycles. The predicted molar refractivity (Wildman–Crippen MR) is 135 cm³/mol. The molecule has 1 aromatic carbocycles. The third-order valence-corrected chi connectivity index (χ3v) is 7.52. The molecule has 0 bridgehead atoms. The number of carbonyl (C=O) groups excluding carboxylic acids is 2. The van der Waals surface area contributed by atoms with Crippen molar-refractivity contribution >= 4 is 40.9 Å². The summed E-state index contributed by atoms with van der Waals surface area (Å²) in [6.07, 6.45) is -3.95. The smallest absolute Gasteiger partial charge is 0.433 e. The molecule has 16 heteroatoms. The van der Waals surface area contributed by atoms with Crippen molar-refractivity contribution < 1.29 is 41.4 Å². The van der Waals surface area contributed by atoms with E-state index in [1.807, 2.05) is 0 Å². The zero-order valence-electron chi connectivity index (χ0n) is 21.3. The fourth-order valence-corrected chi connectivity index (χ4v) is 5.48. The minimum Gasteiger partial charge on any atom is -0.481 e. The highest BCUT2D eigenvalue weighted by molar-refractivity contribution is 6.39. The number of carboxylic acids is 1. The third kappa shape index (κ3) is 6.53. The van der Waals surface area contributed by atoms with Gasteiger partial charge in [-0.05, 0) is 43.4 Å². The number of rotatable bonds is 8. The minimum absolute atomic E-state index is 0.0815. The lowest BCUT2D eigenvalue weighted by molar-refractivity contribution is -0.147. The number of carboxylic acid groups (broad SMARTS) is 1. The van der Waals surface area contributed by atoms with Crippen LogP contribution < -0.4 is 0 Å². The first kappa shape index (κ1) is 30.4. The molecule has 0 radical (unpaired) electrons. The minimum atomic E-state index is -5.07. The molecule has 0 atom stereocenters. The fraction of sp³-hybridized carbons (Fsp3) is 0.400. The van der Waals surface area contributed by atoms with Gasteiger partial charge in [0.2, 0.25) is 0 Å². The molecule has 1 saturated carbocycles. The van der Waals surface area contributed by atoms with E-state index in [4.69, 9.17) is 23.2 Å². The monoisotopic (exact) mass is 621 g/mol. The zero-order valence-corrected chi connectivity index (χ0v) is 22.8. The Morgan fingerprint density at radius 1 is 1.07 bits per heavy atom. The summed E-state index contributed by atoms with van der Waals surface area (Å²) in [5.41, 5.74) is -2.71. The molecule has 0 unspecified atom stereocenters. The summed E-state index contributed by atoms with van der Waals surface area (Å²) in [5, 5.41) is 16.3. The largest absolute Gasteiger partial charge is 0.481 e. The van der Waals surface area contributed by atoms with Crippen LogP contribution in [0.1, 0.15) is 63.7 Å². The van der Waals surface area contributed by atoms with Crippen LogP contribution in [0.15, 0.2) is 24.4 Å². The maximum Gasteiger partial charge on any atom is 0.433 e. The van der Waals surface area contributed by atoms with E-state index in [1.165, 1.54) is 7.05 Å². The standard InChI is InChI=1S/C25H22Cl2F5N5O4/c1-35-22(27)19(21(26)34-35)18(38)11-36(10-12-6-14(28)8-15(29)7-12)23(39)17-9-33-37(20(17)25(30,31)32)16-4-2-13(3-5-16)24(40)41/h6-9,13,16H,2-5,10-11H2,1H3,(H,40,41). The molecule has 9 nitrogen and oxygen atoms in total. The van der Waals surface area contributed by atoms with E-state index < -0.39 is 71.8 Å². The topological polar surface area (TPSA) is 110 Å². The molecule has 0 aliphatic heterocycles. The Morgan fingerprint density at radius 2 is 1.68 bits per heavy atom. The Bertz CT molecular complexity index is 1480. The highest BCUT2D eigenvalue weighted by Crippen LogP contribution is 2.39. The van der Waals surface area contributed by atoms with Crippen LogP contribution in [0.25, 0.3) is 0 Å². The Labute approximate surface area is 239 Å². The van der Waals surface area contributed by atoms with Crippen molar-refractivity contribution in [3.8, 4) is 0 Å². The van der Waals surface area contributed by atoms with Crippen molar-refractivity contribution in [2.45, 2.75) is 44.4 Å². The average Bonchev–Trinajstić information content (AvgIpc) is 3.43. The van der Waals surface area contributed by atoms with Gasteiger partial charge in [0.1, 0.15) is 16.8 Å². The summed E-state index contributed by atoms with van der Waals surface area (Å²) >= 11 is 12.1. The zero-order chi connectivity index (χ0) is 30.2. The molecule has 41 heavy (non-hydrogen) atoms. The molecule has 0 spiro atoms. The van der Waals surface area contributed by atoms with E-state index >= 15 is 0 Å². The van der Waals surface area contributed by atoms with E-state index in [-0.39, 0.29) is 47.1 Å². The summed E-state index contributed by atoms with van der Waals surface area (Å²) in [7, 11) is 1.39. The molecule has 1 aliphatic rings. The summed E-state index contributed by atoms with van der Waals surface area (Å²) in [4.78, 5) is 38.7. The van der Waals surface area contributed by atoms with Gasteiger partial charge < -0.3 is 10.0 Å². The van der Waals surface area contributed by atoms with Gasteiger partial charge in [0.15, 0.2) is 16.6 Å². The number of benzene rings is 1. The van der Waals surface area contributed by atoms with Crippen molar-refractivity contribution in [2.75, 3.05) is 6.54 Å².